The monoisotopic (exact) mass is 418 g/mol. The number of fused-ring (bicyclic) bond motifs is 1. The molecule has 3 aromatic rings. The van der Waals surface area contributed by atoms with Gasteiger partial charge in [0.05, 0.1) is 23.7 Å². The van der Waals surface area contributed by atoms with Crippen molar-refractivity contribution in [2.45, 2.75) is 19.5 Å². The lowest BCUT2D eigenvalue weighted by Crippen LogP contribution is -2.29. The van der Waals surface area contributed by atoms with E-state index in [-0.39, 0.29) is 30.3 Å². The molecule has 5 nitrogen and oxygen atoms in total. The Balaban J connectivity index is 1.48. The molecule has 1 heterocycles. The van der Waals surface area contributed by atoms with E-state index in [2.05, 4.69) is 5.32 Å². The average Bonchev–Trinajstić information content (AvgIpc) is 2.99. The Bertz CT molecular complexity index is 1110. The Morgan fingerprint density at radius 2 is 1.57 bits per heavy atom. The van der Waals surface area contributed by atoms with Gasteiger partial charge in [-0.3, -0.25) is 19.3 Å². The molecule has 4 rings (SSSR count). The molecule has 1 unspecified atom stereocenters. The molecular formula is C24H19ClN2O3. The van der Waals surface area contributed by atoms with Gasteiger partial charge in [-0.1, -0.05) is 48.0 Å². The van der Waals surface area contributed by atoms with E-state index >= 15 is 0 Å². The van der Waals surface area contributed by atoms with Gasteiger partial charge in [-0.2, -0.15) is 0 Å². The summed E-state index contributed by atoms with van der Waals surface area (Å²) >= 11 is 5.92. The fourth-order valence-corrected chi connectivity index (χ4v) is 3.62. The molecule has 30 heavy (non-hydrogen) atoms. The van der Waals surface area contributed by atoms with E-state index in [1.165, 1.54) is 4.90 Å². The van der Waals surface area contributed by atoms with Crippen LogP contribution in [0.3, 0.4) is 0 Å². The van der Waals surface area contributed by atoms with E-state index in [0.29, 0.717) is 27.3 Å². The topological polar surface area (TPSA) is 66.5 Å². The summed E-state index contributed by atoms with van der Waals surface area (Å²) in [6, 6.07) is 20.8. The van der Waals surface area contributed by atoms with Gasteiger partial charge in [0.1, 0.15) is 0 Å². The maximum Gasteiger partial charge on any atom is 0.261 e. The second-order valence-electron chi connectivity index (χ2n) is 7.19. The van der Waals surface area contributed by atoms with Crippen molar-refractivity contribution in [3.63, 3.8) is 0 Å². The summed E-state index contributed by atoms with van der Waals surface area (Å²) < 4.78 is 0. The highest BCUT2D eigenvalue weighted by Crippen LogP contribution is 2.24. The molecule has 3 aromatic carbocycles. The molecule has 150 valence electrons. The largest absolute Gasteiger partial charge is 0.346 e. The lowest BCUT2D eigenvalue weighted by atomic mass is 10.1. The zero-order valence-corrected chi connectivity index (χ0v) is 17.0. The molecule has 0 fully saturated rings. The molecule has 3 amide bonds. The van der Waals surface area contributed by atoms with Crippen LogP contribution in [0.25, 0.3) is 0 Å². The zero-order chi connectivity index (χ0) is 21.3. The van der Waals surface area contributed by atoms with E-state index in [0.717, 1.165) is 5.56 Å². The number of rotatable bonds is 5. The molecule has 1 N–H and O–H groups in total. The molecule has 1 aliphatic rings. The van der Waals surface area contributed by atoms with Crippen LogP contribution in [0.1, 0.15) is 55.2 Å². The fourth-order valence-electron chi connectivity index (χ4n) is 3.49. The minimum Gasteiger partial charge on any atom is -0.346 e. The molecule has 0 radical (unpaired) electrons. The summed E-state index contributed by atoms with van der Waals surface area (Å²) in [5, 5.41) is 3.59. The third kappa shape index (κ3) is 3.84. The van der Waals surface area contributed by atoms with Crippen molar-refractivity contribution in [2.75, 3.05) is 0 Å². The lowest BCUT2D eigenvalue weighted by Gasteiger charge is -2.16. The number of amides is 3. The highest BCUT2D eigenvalue weighted by Gasteiger charge is 2.35. The summed E-state index contributed by atoms with van der Waals surface area (Å²) in [6.07, 6.45) is 0. The quantitative estimate of drug-likeness (QED) is 0.614. The fraction of sp³-hybridized carbons (Fsp3) is 0.125. The van der Waals surface area contributed by atoms with E-state index in [1.54, 1.807) is 60.7 Å². The van der Waals surface area contributed by atoms with E-state index in [4.69, 9.17) is 11.6 Å². The van der Waals surface area contributed by atoms with E-state index in [1.807, 2.05) is 19.1 Å². The van der Waals surface area contributed by atoms with Crippen molar-refractivity contribution in [3.05, 3.63) is 106 Å². The number of hydrogen-bond donors (Lipinski definition) is 1. The van der Waals surface area contributed by atoms with Gasteiger partial charge in [0, 0.05) is 10.6 Å². The number of halogens is 1. The Labute approximate surface area is 179 Å². The maximum absolute atomic E-state index is 12.7. The van der Waals surface area contributed by atoms with Crippen molar-refractivity contribution in [1.29, 1.82) is 0 Å². The van der Waals surface area contributed by atoms with Gasteiger partial charge in [-0.15, -0.1) is 0 Å². The first-order valence-electron chi connectivity index (χ1n) is 9.54. The van der Waals surface area contributed by atoms with Crippen LogP contribution in [0.15, 0.2) is 72.8 Å². The van der Waals surface area contributed by atoms with Crippen LogP contribution in [-0.2, 0) is 6.54 Å². The third-order valence-electron chi connectivity index (χ3n) is 5.13. The first-order valence-corrected chi connectivity index (χ1v) is 9.92. The average molecular weight is 419 g/mol. The van der Waals surface area contributed by atoms with E-state index in [9.17, 15) is 14.4 Å². The minimum absolute atomic E-state index is 0.111. The first-order chi connectivity index (χ1) is 14.4. The molecule has 0 aliphatic carbocycles. The molecule has 0 saturated carbocycles. The Morgan fingerprint density at radius 3 is 2.20 bits per heavy atom. The molecule has 0 aromatic heterocycles. The predicted molar refractivity (Wildman–Crippen MR) is 114 cm³/mol. The van der Waals surface area contributed by atoms with Gasteiger partial charge in [0.25, 0.3) is 17.7 Å². The van der Waals surface area contributed by atoms with Crippen molar-refractivity contribution in [3.8, 4) is 0 Å². The van der Waals surface area contributed by atoms with Gasteiger partial charge in [-0.05, 0) is 54.4 Å². The summed E-state index contributed by atoms with van der Waals surface area (Å²) in [4.78, 5) is 39.1. The number of nitrogens with one attached hydrogen (secondary N) is 1. The minimum atomic E-state index is -0.318. The summed E-state index contributed by atoms with van der Waals surface area (Å²) in [5.41, 5.74) is 2.93. The lowest BCUT2D eigenvalue weighted by molar-refractivity contribution is 0.0642. The molecule has 0 bridgehead atoms. The highest BCUT2D eigenvalue weighted by atomic mass is 35.5. The van der Waals surface area contributed by atoms with Crippen molar-refractivity contribution in [1.82, 2.24) is 10.2 Å². The summed E-state index contributed by atoms with van der Waals surface area (Å²) in [6.45, 7) is 2.00. The molecule has 6 heteroatoms. The number of benzene rings is 3. The predicted octanol–water partition coefficient (Wildman–Crippen LogP) is 4.63. The molecule has 0 saturated heterocycles. The standard InChI is InChI=1S/C24H19ClN2O3/c1-15(17-9-11-19(25)12-10-17)26-22(28)18-6-4-5-16(13-18)14-27-23(29)20-7-2-3-8-21(20)24(27)30/h2-13,15H,14H2,1H3,(H,26,28). The normalized spacial score (nSPS) is 13.9. The number of hydrogen-bond acceptors (Lipinski definition) is 3. The zero-order valence-electron chi connectivity index (χ0n) is 16.3. The van der Waals surface area contributed by atoms with Crippen LogP contribution in [-0.4, -0.2) is 22.6 Å². The highest BCUT2D eigenvalue weighted by molar-refractivity contribution is 6.30. The van der Waals surface area contributed by atoms with Crippen LogP contribution >= 0.6 is 11.6 Å². The SMILES string of the molecule is CC(NC(=O)c1cccc(CN2C(=O)c3ccccc3C2=O)c1)c1ccc(Cl)cc1. The second-order valence-corrected chi connectivity index (χ2v) is 7.63. The molecular weight excluding hydrogens is 400 g/mol. The van der Waals surface area contributed by atoms with Crippen LogP contribution < -0.4 is 5.32 Å². The van der Waals surface area contributed by atoms with Crippen LogP contribution in [0.4, 0.5) is 0 Å². The Morgan fingerprint density at radius 1 is 0.933 bits per heavy atom. The van der Waals surface area contributed by atoms with Crippen LogP contribution in [0.5, 0.6) is 0 Å². The summed E-state index contributed by atoms with van der Waals surface area (Å²) in [7, 11) is 0. The van der Waals surface area contributed by atoms with Crippen LogP contribution in [0.2, 0.25) is 5.02 Å². The number of imide groups is 1. The smallest absolute Gasteiger partial charge is 0.261 e. The number of nitrogens with zero attached hydrogens (tertiary/aromatic N) is 1. The third-order valence-corrected chi connectivity index (χ3v) is 5.38. The van der Waals surface area contributed by atoms with E-state index < -0.39 is 0 Å². The summed E-state index contributed by atoms with van der Waals surface area (Å²) in [5.74, 6) is -0.870. The van der Waals surface area contributed by atoms with Gasteiger partial charge in [0.2, 0.25) is 0 Å². The molecule has 0 spiro atoms. The number of carbonyl (C=O) groups is 3. The Kier molecular flexibility index (Phi) is 5.38. The Hall–Kier alpha value is -3.44. The van der Waals surface area contributed by atoms with Gasteiger partial charge in [-0.25, -0.2) is 0 Å². The van der Waals surface area contributed by atoms with Gasteiger partial charge >= 0.3 is 0 Å². The first kappa shape index (κ1) is 19.9. The van der Waals surface area contributed by atoms with Gasteiger partial charge in [0.15, 0.2) is 0 Å². The molecule has 1 aliphatic heterocycles. The maximum atomic E-state index is 12.7. The van der Waals surface area contributed by atoms with Crippen LogP contribution in [0, 0.1) is 0 Å². The number of carbonyl (C=O) groups excluding carboxylic acids is 3. The van der Waals surface area contributed by atoms with Gasteiger partial charge < -0.3 is 5.32 Å². The van der Waals surface area contributed by atoms with Crippen molar-refractivity contribution in [2.24, 2.45) is 0 Å². The second kappa shape index (κ2) is 8.13. The van der Waals surface area contributed by atoms with Crippen molar-refractivity contribution >= 4 is 29.3 Å². The molecule has 1 atom stereocenters. The van der Waals surface area contributed by atoms with Crippen molar-refractivity contribution < 1.29 is 14.4 Å².